The van der Waals surface area contributed by atoms with E-state index in [1.807, 2.05) is 41.4 Å². The van der Waals surface area contributed by atoms with Crippen LogP contribution in [-0.4, -0.2) is 61.7 Å². The summed E-state index contributed by atoms with van der Waals surface area (Å²) < 4.78 is 5.30. The van der Waals surface area contributed by atoms with Gasteiger partial charge in [0.15, 0.2) is 0 Å². The van der Waals surface area contributed by atoms with Crippen molar-refractivity contribution >= 4 is 28.2 Å². The molecule has 2 aliphatic heterocycles. The quantitative estimate of drug-likeness (QED) is 0.391. The molecule has 188 valence electrons. The maximum absolute atomic E-state index is 13.8. The van der Waals surface area contributed by atoms with E-state index in [9.17, 15) is 4.79 Å². The normalized spacial score (nSPS) is 18.0. The lowest BCUT2D eigenvalue weighted by atomic mass is 9.94. The Bertz CT molecular complexity index is 1390. The molecule has 0 saturated carbocycles. The van der Waals surface area contributed by atoms with Crippen molar-refractivity contribution in [2.75, 3.05) is 49.6 Å². The molecule has 1 atom stereocenters. The smallest absolute Gasteiger partial charge is 0.258 e. The molecule has 0 N–H and O–H groups in total. The van der Waals surface area contributed by atoms with E-state index in [1.54, 1.807) is 7.11 Å². The lowest BCUT2D eigenvalue weighted by Crippen LogP contribution is -2.54. The Labute approximate surface area is 218 Å². The molecule has 0 spiro atoms. The average Bonchev–Trinajstić information content (AvgIpc) is 2.97. The molecule has 3 aromatic carbocycles. The molecule has 6 rings (SSSR count). The number of carbonyl (C=O) groups excluding carboxylic acids is 1. The van der Waals surface area contributed by atoms with E-state index in [4.69, 9.17) is 9.72 Å². The Balaban J connectivity index is 1.20. The summed E-state index contributed by atoms with van der Waals surface area (Å²) in [5.41, 5.74) is 2.97. The SMILES string of the molecule is COc1ccc(C(=O)N2c3ccccc3CCC2CN2CCN(c3nccc4ccccc34)CC2)cc1. The van der Waals surface area contributed by atoms with Gasteiger partial charge in [-0.25, -0.2) is 4.98 Å². The number of benzene rings is 3. The highest BCUT2D eigenvalue weighted by Crippen LogP contribution is 2.33. The highest BCUT2D eigenvalue weighted by molar-refractivity contribution is 6.07. The van der Waals surface area contributed by atoms with Gasteiger partial charge in [0.05, 0.1) is 13.2 Å². The van der Waals surface area contributed by atoms with Crippen molar-refractivity contribution in [2.45, 2.75) is 18.9 Å². The minimum Gasteiger partial charge on any atom is -0.497 e. The summed E-state index contributed by atoms with van der Waals surface area (Å²) in [4.78, 5) is 25.5. The Kier molecular flexibility index (Phi) is 6.49. The number of carbonyl (C=O) groups is 1. The van der Waals surface area contributed by atoms with E-state index >= 15 is 0 Å². The average molecular weight is 493 g/mol. The molecule has 2 aliphatic rings. The summed E-state index contributed by atoms with van der Waals surface area (Å²) in [6, 6.07) is 26.5. The first-order chi connectivity index (χ1) is 18.2. The first-order valence-electron chi connectivity index (χ1n) is 13.1. The van der Waals surface area contributed by atoms with Gasteiger partial charge in [0.25, 0.3) is 5.91 Å². The van der Waals surface area contributed by atoms with E-state index in [2.05, 4.69) is 58.3 Å². The van der Waals surface area contributed by atoms with Crippen LogP contribution >= 0.6 is 0 Å². The monoisotopic (exact) mass is 492 g/mol. The van der Waals surface area contributed by atoms with Crippen LogP contribution in [0.1, 0.15) is 22.3 Å². The molecule has 37 heavy (non-hydrogen) atoms. The third-order valence-corrected chi connectivity index (χ3v) is 7.71. The van der Waals surface area contributed by atoms with Gasteiger partial charge in [-0.2, -0.15) is 0 Å². The van der Waals surface area contributed by atoms with E-state index in [0.29, 0.717) is 5.56 Å². The maximum atomic E-state index is 13.8. The first-order valence-corrected chi connectivity index (χ1v) is 13.1. The minimum atomic E-state index is 0.0541. The van der Waals surface area contributed by atoms with Crippen molar-refractivity contribution in [3.05, 3.63) is 96.2 Å². The second-order valence-corrected chi connectivity index (χ2v) is 9.87. The van der Waals surface area contributed by atoms with Crippen LogP contribution in [0.3, 0.4) is 0 Å². The first kappa shape index (κ1) is 23.5. The number of anilines is 2. The minimum absolute atomic E-state index is 0.0541. The molecule has 1 fully saturated rings. The van der Waals surface area contributed by atoms with Gasteiger partial charge in [-0.05, 0) is 60.2 Å². The molecule has 0 radical (unpaired) electrons. The van der Waals surface area contributed by atoms with Crippen LogP contribution in [0.4, 0.5) is 11.5 Å². The van der Waals surface area contributed by atoms with Crippen molar-refractivity contribution in [2.24, 2.45) is 0 Å². The third-order valence-electron chi connectivity index (χ3n) is 7.71. The lowest BCUT2D eigenvalue weighted by molar-refractivity contribution is 0.0963. The number of hydrogen-bond donors (Lipinski definition) is 0. The highest BCUT2D eigenvalue weighted by atomic mass is 16.5. The molecular formula is C31H32N4O2. The van der Waals surface area contributed by atoms with Crippen molar-refractivity contribution in [1.29, 1.82) is 0 Å². The van der Waals surface area contributed by atoms with Crippen LogP contribution in [0.15, 0.2) is 85.1 Å². The second-order valence-electron chi connectivity index (χ2n) is 9.87. The number of nitrogens with zero attached hydrogens (tertiary/aromatic N) is 4. The van der Waals surface area contributed by atoms with Crippen LogP contribution < -0.4 is 14.5 Å². The Morgan fingerprint density at radius 3 is 2.49 bits per heavy atom. The van der Waals surface area contributed by atoms with Crippen molar-refractivity contribution in [3.8, 4) is 5.75 Å². The predicted octanol–water partition coefficient (Wildman–Crippen LogP) is 5.03. The van der Waals surface area contributed by atoms with Gasteiger partial charge in [-0.1, -0.05) is 42.5 Å². The number of rotatable bonds is 5. The summed E-state index contributed by atoms with van der Waals surface area (Å²) in [5.74, 6) is 1.88. The molecule has 6 heteroatoms. The Hall–Kier alpha value is -3.90. The van der Waals surface area contributed by atoms with Crippen LogP contribution in [-0.2, 0) is 6.42 Å². The standard InChI is InChI=1S/C31H32N4O2/c1-37-27-14-11-25(12-15-27)31(36)35-26(13-10-24-7-3-5-9-29(24)35)22-33-18-20-34(21-19-33)30-28-8-4-2-6-23(28)16-17-32-30/h2-9,11-12,14-17,26H,10,13,18-22H2,1H3. The summed E-state index contributed by atoms with van der Waals surface area (Å²) in [5, 5.41) is 2.43. The van der Waals surface area contributed by atoms with Crippen molar-refractivity contribution in [3.63, 3.8) is 0 Å². The second kappa shape index (κ2) is 10.2. The fraction of sp³-hybridized carbons (Fsp3) is 0.290. The maximum Gasteiger partial charge on any atom is 0.258 e. The Morgan fingerprint density at radius 1 is 0.919 bits per heavy atom. The molecule has 6 nitrogen and oxygen atoms in total. The summed E-state index contributed by atoms with van der Waals surface area (Å²) in [6.45, 7) is 4.63. The fourth-order valence-corrected chi connectivity index (χ4v) is 5.72. The fourth-order valence-electron chi connectivity index (χ4n) is 5.72. The number of piperazine rings is 1. The van der Waals surface area contributed by atoms with Gasteiger partial charge >= 0.3 is 0 Å². The Morgan fingerprint density at radius 2 is 1.68 bits per heavy atom. The number of aromatic nitrogens is 1. The number of amides is 1. The van der Waals surface area contributed by atoms with E-state index in [1.165, 1.54) is 16.3 Å². The number of ether oxygens (including phenoxy) is 1. The van der Waals surface area contributed by atoms with Gasteiger partial charge in [-0.15, -0.1) is 0 Å². The topological polar surface area (TPSA) is 48.9 Å². The molecule has 4 aromatic rings. The number of para-hydroxylation sites is 1. The van der Waals surface area contributed by atoms with Gasteiger partial charge in [-0.3, -0.25) is 9.69 Å². The van der Waals surface area contributed by atoms with E-state index in [0.717, 1.165) is 62.8 Å². The highest BCUT2D eigenvalue weighted by Gasteiger charge is 2.33. The zero-order valence-corrected chi connectivity index (χ0v) is 21.2. The number of hydrogen-bond acceptors (Lipinski definition) is 5. The van der Waals surface area contributed by atoms with Crippen LogP contribution in [0.2, 0.25) is 0 Å². The summed E-state index contributed by atoms with van der Waals surface area (Å²) in [6.07, 6.45) is 3.86. The molecule has 1 amide bonds. The molecule has 3 heterocycles. The van der Waals surface area contributed by atoms with E-state index in [-0.39, 0.29) is 11.9 Å². The zero-order valence-electron chi connectivity index (χ0n) is 21.2. The molecule has 1 unspecified atom stereocenters. The van der Waals surface area contributed by atoms with Crippen molar-refractivity contribution < 1.29 is 9.53 Å². The number of pyridine rings is 1. The van der Waals surface area contributed by atoms with Crippen molar-refractivity contribution in [1.82, 2.24) is 9.88 Å². The van der Waals surface area contributed by atoms with Gasteiger partial charge in [0.1, 0.15) is 11.6 Å². The molecule has 1 saturated heterocycles. The van der Waals surface area contributed by atoms with E-state index < -0.39 is 0 Å². The molecule has 0 bridgehead atoms. The summed E-state index contributed by atoms with van der Waals surface area (Å²) >= 11 is 0. The third kappa shape index (κ3) is 4.65. The number of aryl methyl sites for hydroxylation is 1. The largest absolute Gasteiger partial charge is 0.497 e. The van der Waals surface area contributed by atoms with Gasteiger partial charge in [0.2, 0.25) is 0 Å². The van der Waals surface area contributed by atoms with Gasteiger partial charge < -0.3 is 14.5 Å². The number of fused-ring (bicyclic) bond motifs is 2. The zero-order chi connectivity index (χ0) is 25.2. The summed E-state index contributed by atoms with van der Waals surface area (Å²) in [7, 11) is 1.64. The van der Waals surface area contributed by atoms with Crippen LogP contribution in [0.5, 0.6) is 5.75 Å². The lowest BCUT2D eigenvalue weighted by Gasteiger charge is -2.42. The van der Waals surface area contributed by atoms with Crippen LogP contribution in [0.25, 0.3) is 10.8 Å². The van der Waals surface area contributed by atoms with Crippen LogP contribution in [0, 0.1) is 0 Å². The molecular weight excluding hydrogens is 460 g/mol. The number of methoxy groups -OCH3 is 1. The molecule has 0 aliphatic carbocycles. The molecule has 1 aromatic heterocycles. The van der Waals surface area contributed by atoms with Gasteiger partial charge in [0, 0.05) is 55.6 Å². The predicted molar refractivity (Wildman–Crippen MR) is 149 cm³/mol.